The summed E-state index contributed by atoms with van der Waals surface area (Å²) in [5.74, 6) is -1.23. The predicted octanol–water partition coefficient (Wildman–Crippen LogP) is 1.65. The molecule has 2 rings (SSSR count). The molecule has 0 unspecified atom stereocenters. The van der Waals surface area contributed by atoms with Crippen LogP contribution in [0.2, 0.25) is 0 Å². The summed E-state index contributed by atoms with van der Waals surface area (Å²) in [6.07, 6.45) is 0. The van der Waals surface area contributed by atoms with Crippen LogP contribution in [-0.2, 0) is 19.6 Å². The molecule has 0 fully saturated rings. The maximum atomic E-state index is 12.1. The number of nitrogens with one attached hydrogen (secondary N) is 2. The summed E-state index contributed by atoms with van der Waals surface area (Å²) in [7, 11) is -2.71. The third kappa shape index (κ3) is 4.97. The molecule has 0 aliphatic rings. The number of Topliss-reactive ketones (excluding diaryl/α,β-unsaturated/α-hetero) is 1. The number of hydrogen-bond donors (Lipinski definition) is 2. The standard InChI is InChI=1S/C16H16N2O6S2/c1-10(19)13-7-8-14(25-13)16(21)18-11-3-5-12(6-4-11)26(22,23)17-9-15(20)24-2/h3-8,17H,9H2,1-2H3,(H,18,21). The molecule has 1 aromatic carbocycles. The van der Waals surface area contributed by atoms with E-state index in [1.165, 1.54) is 31.2 Å². The highest BCUT2D eigenvalue weighted by molar-refractivity contribution is 7.89. The lowest BCUT2D eigenvalue weighted by Gasteiger charge is -2.07. The van der Waals surface area contributed by atoms with Crippen LogP contribution in [0.1, 0.15) is 26.3 Å². The summed E-state index contributed by atoms with van der Waals surface area (Å²) in [5, 5.41) is 2.62. The summed E-state index contributed by atoms with van der Waals surface area (Å²) in [4.78, 5) is 35.2. The fourth-order valence-corrected chi connectivity index (χ4v) is 3.63. The number of carbonyl (C=O) groups is 3. The van der Waals surface area contributed by atoms with E-state index in [2.05, 4.69) is 14.8 Å². The molecule has 10 heteroatoms. The molecule has 0 atom stereocenters. The summed E-state index contributed by atoms with van der Waals surface area (Å²) in [6.45, 7) is 0.940. The van der Waals surface area contributed by atoms with Gasteiger partial charge in [-0.3, -0.25) is 14.4 Å². The quantitative estimate of drug-likeness (QED) is 0.543. The van der Waals surface area contributed by atoms with E-state index in [9.17, 15) is 22.8 Å². The smallest absolute Gasteiger partial charge is 0.320 e. The van der Waals surface area contributed by atoms with Crippen LogP contribution >= 0.6 is 11.3 Å². The van der Waals surface area contributed by atoms with Gasteiger partial charge in [-0.1, -0.05) is 0 Å². The number of sulfonamides is 1. The molecule has 1 aromatic heterocycles. The number of thiophene rings is 1. The lowest BCUT2D eigenvalue weighted by Crippen LogP contribution is -2.30. The number of ketones is 1. The average molecular weight is 396 g/mol. The van der Waals surface area contributed by atoms with Gasteiger partial charge in [0.2, 0.25) is 10.0 Å². The summed E-state index contributed by atoms with van der Waals surface area (Å²) in [5.41, 5.74) is 0.389. The largest absolute Gasteiger partial charge is 0.468 e. The molecule has 0 bridgehead atoms. The first-order valence-corrected chi connectivity index (χ1v) is 9.61. The lowest BCUT2D eigenvalue weighted by atomic mass is 10.3. The summed E-state index contributed by atoms with van der Waals surface area (Å²) < 4.78 is 30.6. The van der Waals surface area contributed by atoms with Gasteiger partial charge in [0.25, 0.3) is 5.91 Å². The van der Waals surface area contributed by atoms with E-state index in [-0.39, 0.29) is 10.7 Å². The monoisotopic (exact) mass is 396 g/mol. The van der Waals surface area contributed by atoms with Crippen LogP contribution in [0, 0.1) is 0 Å². The number of benzene rings is 1. The van der Waals surface area contributed by atoms with Crippen molar-refractivity contribution >= 4 is 44.7 Å². The molecule has 0 saturated heterocycles. The number of anilines is 1. The SMILES string of the molecule is COC(=O)CNS(=O)(=O)c1ccc(NC(=O)c2ccc(C(C)=O)s2)cc1. The molecule has 26 heavy (non-hydrogen) atoms. The van der Waals surface area contributed by atoms with E-state index in [0.29, 0.717) is 15.4 Å². The maximum Gasteiger partial charge on any atom is 0.320 e. The molecule has 0 aliphatic carbocycles. The summed E-state index contributed by atoms with van der Waals surface area (Å²) in [6, 6.07) is 8.56. The van der Waals surface area contributed by atoms with Crippen molar-refractivity contribution in [2.75, 3.05) is 19.0 Å². The van der Waals surface area contributed by atoms with Crippen LogP contribution < -0.4 is 10.0 Å². The highest BCUT2D eigenvalue weighted by Crippen LogP contribution is 2.20. The minimum atomic E-state index is -3.87. The normalized spacial score (nSPS) is 11.0. The van der Waals surface area contributed by atoms with Gasteiger partial charge >= 0.3 is 5.97 Å². The van der Waals surface area contributed by atoms with Crippen LogP contribution in [0.3, 0.4) is 0 Å². The van der Waals surface area contributed by atoms with Gasteiger partial charge in [0, 0.05) is 5.69 Å². The molecule has 1 heterocycles. The van der Waals surface area contributed by atoms with Gasteiger partial charge in [0.05, 0.1) is 21.8 Å². The molecule has 1 amide bonds. The first-order chi connectivity index (χ1) is 12.2. The fraction of sp³-hybridized carbons (Fsp3) is 0.188. The highest BCUT2D eigenvalue weighted by Gasteiger charge is 2.16. The Morgan fingerprint density at radius 3 is 2.19 bits per heavy atom. The Morgan fingerprint density at radius 2 is 1.65 bits per heavy atom. The molecule has 2 aromatic rings. The van der Waals surface area contributed by atoms with Crippen molar-refractivity contribution < 1.29 is 27.5 Å². The van der Waals surface area contributed by atoms with Crippen molar-refractivity contribution in [1.82, 2.24) is 4.72 Å². The number of carbonyl (C=O) groups excluding carboxylic acids is 3. The molecule has 8 nitrogen and oxygen atoms in total. The number of amides is 1. The van der Waals surface area contributed by atoms with Crippen molar-refractivity contribution in [1.29, 1.82) is 0 Å². The number of ether oxygens (including phenoxy) is 1. The predicted molar refractivity (Wildman–Crippen MR) is 95.9 cm³/mol. The first kappa shape index (κ1) is 19.8. The van der Waals surface area contributed by atoms with E-state index in [1.807, 2.05) is 0 Å². The Hall–Kier alpha value is -2.56. The summed E-state index contributed by atoms with van der Waals surface area (Å²) >= 11 is 1.08. The fourth-order valence-electron chi connectivity index (χ4n) is 1.87. The molecule has 0 aliphatic heterocycles. The third-order valence-electron chi connectivity index (χ3n) is 3.23. The van der Waals surface area contributed by atoms with Gasteiger partial charge in [0.15, 0.2) is 5.78 Å². The Morgan fingerprint density at radius 1 is 1.04 bits per heavy atom. The zero-order chi connectivity index (χ0) is 19.3. The van der Waals surface area contributed by atoms with E-state index < -0.39 is 28.4 Å². The molecule has 138 valence electrons. The van der Waals surface area contributed by atoms with Crippen LogP contribution in [0.5, 0.6) is 0 Å². The van der Waals surface area contributed by atoms with Crippen molar-refractivity contribution in [3.63, 3.8) is 0 Å². The van der Waals surface area contributed by atoms with Crippen LogP contribution in [-0.4, -0.2) is 39.7 Å². The first-order valence-electron chi connectivity index (χ1n) is 7.31. The van der Waals surface area contributed by atoms with Crippen molar-refractivity contribution in [2.45, 2.75) is 11.8 Å². The number of rotatable bonds is 7. The Labute approximate surface area is 154 Å². The Kier molecular flexibility index (Phi) is 6.24. The average Bonchev–Trinajstić information content (AvgIpc) is 3.11. The number of methoxy groups -OCH3 is 1. The molecule has 0 spiro atoms. The van der Waals surface area contributed by atoms with Crippen molar-refractivity contribution in [3.05, 3.63) is 46.2 Å². The van der Waals surface area contributed by atoms with E-state index in [1.54, 1.807) is 12.1 Å². The van der Waals surface area contributed by atoms with Crippen molar-refractivity contribution in [2.24, 2.45) is 0 Å². The minimum Gasteiger partial charge on any atom is -0.468 e. The lowest BCUT2D eigenvalue weighted by molar-refractivity contribution is -0.139. The van der Waals surface area contributed by atoms with E-state index >= 15 is 0 Å². The zero-order valence-corrected chi connectivity index (χ0v) is 15.6. The molecular formula is C16H16N2O6S2. The van der Waals surface area contributed by atoms with E-state index in [0.717, 1.165) is 18.4 Å². The minimum absolute atomic E-state index is 0.0607. The van der Waals surface area contributed by atoms with Gasteiger partial charge in [-0.25, -0.2) is 8.42 Å². The molecule has 2 N–H and O–H groups in total. The molecule has 0 saturated carbocycles. The van der Waals surface area contributed by atoms with Gasteiger partial charge in [-0.05, 0) is 43.3 Å². The van der Waals surface area contributed by atoms with Crippen LogP contribution in [0.15, 0.2) is 41.3 Å². The van der Waals surface area contributed by atoms with Crippen molar-refractivity contribution in [3.8, 4) is 0 Å². The van der Waals surface area contributed by atoms with Crippen LogP contribution in [0.4, 0.5) is 5.69 Å². The topological polar surface area (TPSA) is 119 Å². The second-order valence-electron chi connectivity index (χ2n) is 5.10. The zero-order valence-electron chi connectivity index (χ0n) is 13.9. The third-order valence-corrected chi connectivity index (χ3v) is 5.84. The van der Waals surface area contributed by atoms with Gasteiger partial charge in [-0.2, -0.15) is 4.72 Å². The Balaban J connectivity index is 2.05. The molecule has 0 radical (unpaired) electrons. The number of esters is 1. The van der Waals surface area contributed by atoms with Gasteiger partial charge in [0.1, 0.15) is 6.54 Å². The van der Waals surface area contributed by atoms with E-state index in [4.69, 9.17) is 0 Å². The second-order valence-corrected chi connectivity index (χ2v) is 7.95. The van der Waals surface area contributed by atoms with Gasteiger partial charge < -0.3 is 10.1 Å². The second kappa shape index (κ2) is 8.21. The maximum absolute atomic E-state index is 12.1. The Bertz CT molecular complexity index is 932. The molecular weight excluding hydrogens is 380 g/mol. The van der Waals surface area contributed by atoms with Gasteiger partial charge in [-0.15, -0.1) is 11.3 Å². The highest BCUT2D eigenvalue weighted by atomic mass is 32.2. The van der Waals surface area contributed by atoms with Crippen LogP contribution in [0.25, 0.3) is 0 Å². The number of hydrogen-bond acceptors (Lipinski definition) is 7.